The Morgan fingerprint density at radius 1 is 1.32 bits per heavy atom. The Morgan fingerprint density at radius 2 is 2.20 bits per heavy atom. The second kappa shape index (κ2) is 6.35. The molecule has 130 valence electrons. The quantitative estimate of drug-likeness (QED) is 0.900. The van der Waals surface area contributed by atoms with E-state index in [1.807, 2.05) is 30.1 Å². The summed E-state index contributed by atoms with van der Waals surface area (Å²) in [5, 5.41) is 3.03. The number of aromatic amines is 1. The fraction of sp³-hybridized carbons (Fsp3) is 0.421. The van der Waals surface area contributed by atoms with Crippen LogP contribution in [0.5, 0.6) is 0 Å². The number of carbonyl (C=O) groups is 1. The number of fused-ring (bicyclic) bond motifs is 1. The van der Waals surface area contributed by atoms with Crippen molar-refractivity contribution in [3.05, 3.63) is 57.1 Å². The number of nitrogens with zero attached hydrogens (tertiary/aromatic N) is 2. The van der Waals surface area contributed by atoms with Crippen molar-refractivity contribution in [2.24, 2.45) is 0 Å². The fourth-order valence-corrected chi connectivity index (χ4v) is 3.97. The molecule has 0 bridgehead atoms. The van der Waals surface area contributed by atoms with Crippen LogP contribution in [0.15, 0.2) is 29.2 Å². The van der Waals surface area contributed by atoms with Crippen LogP contribution in [0.1, 0.15) is 52.5 Å². The summed E-state index contributed by atoms with van der Waals surface area (Å²) in [6.45, 7) is 0.678. The Kier molecular flexibility index (Phi) is 4.03. The molecule has 1 aliphatic heterocycles. The minimum absolute atomic E-state index is 0.00439. The van der Waals surface area contributed by atoms with Gasteiger partial charge >= 0.3 is 0 Å². The molecule has 1 fully saturated rings. The van der Waals surface area contributed by atoms with Gasteiger partial charge in [-0.25, -0.2) is 4.98 Å². The van der Waals surface area contributed by atoms with Gasteiger partial charge in [-0.05, 0) is 61.4 Å². The van der Waals surface area contributed by atoms with Crippen LogP contribution in [-0.4, -0.2) is 34.4 Å². The van der Waals surface area contributed by atoms with Gasteiger partial charge in [0.15, 0.2) is 0 Å². The first-order valence-electron chi connectivity index (χ1n) is 8.87. The van der Waals surface area contributed by atoms with Gasteiger partial charge < -0.3 is 15.2 Å². The van der Waals surface area contributed by atoms with Crippen LogP contribution in [0, 0.1) is 0 Å². The van der Waals surface area contributed by atoms with Crippen LogP contribution < -0.4 is 10.9 Å². The zero-order valence-electron chi connectivity index (χ0n) is 14.3. The van der Waals surface area contributed by atoms with E-state index in [9.17, 15) is 9.59 Å². The molecule has 2 aromatic rings. The molecule has 0 spiro atoms. The molecule has 0 aromatic carbocycles. The number of H-pyrrole nitrogens is 1. The third-order valence-electron chi connectivity index (χ3n) is 5.26. The van der Waals surface area contributed by atoms with Gasteiger partial charge in [0.05, 0.1) is 6.04 Å². The number of aromatic nitrogens is 2. The molecule has 1 saturated heterocycles. The van der Waals surface area contributed by atoms with Crippen molar-refractivity contribution < 1.29 is 4.79 Å². The highest BCUT2D eigenvalue weighted by Crippen LogP contribution is 2.33. The highest BCUT2D eigenvalue weighted by Gasteiger charge is 2.32. The third-order valence-corrected chi connectivity index (χ3v) is 5.26. The van der Waals surface area contributed by atoms with Crippen LogP contribution in [0.4, 0.5) is 5.82 Å². The molecule has 4 rings (SSSR count). The molecule has 2 N–H and O–H groups in total. The number of anilines is 1. The fourth-order valence-electron chi connectivity index (χ4n) is 3.97. The number of hydrogen-bond donors (Lipinski definition) is 2. The number of rotatable bonds is 3. The van der Waals surface area contributed by atoms with Crippen molar-refractivity contribution in [2.45, 2.75) is 38.1 Å². The number of aryl methyl sites for hydroxylation is 2. The predicted molar refractivity (Wildman–Crippen MR) is 95.9 cm³/mol. The molecule has 0 radical (unpaired) electrons. The second-order valence-electron chi connectivity index (χ2n) is 6.75. The van der Waals surface area contributed by atoms with Gasteiger partial charge in [-0.3, -0.25) is 9.59 Å². The van der Waals surface area contributed by atoms with Crippen molar-refractivity contribution in [1.29, 1.82) is 0 Å². The lowest BCUT2D eigenvalue weighted by atomic mass is 10.0. The lowest BCUT2D eigenvalue weighted by molar-refractivity contribution is 0.0733. The van der Waals surface area contributed by atoms with Crippen molar-refractivity contribution in [1.82, 2.24) is 14.9 Å². The smallest absolute Gasteiger partial charge is 0.261 e. The summed E-state index contributed by atoms with van der Waals surface area (Å²) < 4.78 is 0. The maximum absolute atomic E-state index is 13.1. The van der Waals surface area contributed by atoms with Crippen LogP contribution in [0.3, 0.4) is 0 Å². The second-order valence-corrected chi connectivity index (χ2v) is 6.75. The summed E-state index contributed by atoms with van der Waals surface area (Å²) >= 11 is 0. The molecular weight excluding hydrogens is 316 g/mol. The van der Waals surface area contributed by atoms with E-state index in [0.717, 1.165) is 54.7 Å². The van der Waals surface area contributed by atoms with Gasteiger partial charge in [0, 0.05) is 25.5 Å². The van der Waals surface area contributed by atoms with Gasteiger partial charge in [-0.2, -0.15) is 0 Å². The Bertz CT molecular complexity index is 874. The number of nitrogens with one attached hydrogen (secondary N) is 2. The zero-order chi connectivity index (χ0) is 17.4. The molecule has 1 unspecified atom stereocenters. The number of pyridine rings is 2. The van der Waals surface area contributed by atoms with Crippen molar-refractivity contribution in [3.8, 4) is 0 Å². The first kappa shape index (κ1) is 15.9. The minimum Gasteiger partial charge on any atom is -0.373 e. The summed E-state index contributed by atoms with van der Waals surface area (Å²) in [5.41, 5.74) is 3.17. The standard InChI is InChI=1S/C19H22N4O2/c1-20-17-11-13(7-8-21-17)16-6-3-9-23(16)19(25)14-10-12-4-2-5-15(12)22-18(14)24/h7-8,10-11,16H,2-6,9H2,1H3,(H,20,21)(H,22,24). The Balaban J connectivity index is 1.66. The summed E-state index contributed by atoms with van der Waals surface area (Å²) in [5.74, 6) is 0.619. The summed E-state index contributed by atoms with van der Waals surface area (Å²) in [7, 11) is 1.83. The average molecular weight is 338 g/mol. The molecule has 2 aliphatic rings. The van der Waals surface area contributed by atoms with Gasteiger partial charge in [0.2, 0.25) is 0 Å². The van der Waals surface area contributed by atoms with Crippen LogP contribution in [0.2, 0.25) is 0 Å². The lowest BCUT2D eigenvalue weighted by Crippen LogP contribution is -2.34. The largest absolute Gasteiger partial charge is 0.373 e. The monoisotopic (exact) mass is 338 g/mol. The van der Waals surface area contributed by atoms with E-state index < -0.39 is 0 Å². The maximum atomic E-state index is 13.1. The molecule has 1 aliphatic carbocycles. The minimum atomic E-state index is -0.262. The number of hydrogen-bond acceptors (Lipinski definition) is 4. The highest BCUT2D eigenvalue weighted by molar-refractivity contribution is 5.94. The van der Waals surface area contributed by atoms with Gasteiger partial charge in [0.25, 0.3) is 11.5 Å². The summed E-state index contributed by atoms with van der Waals surface area (Å²) in [4.78, 5) is 34.5. The van der Waals surface area contributed by atoms with E-state index in [2.05, 4.69) is 15.3 Å². The molecule has 1 amide bonds. The van der Waals surface area contributed by atoms with E-state index in [1.165, 1.54) is 0 Å². The van der Waals surface area contributed by atoms with Crippen molar-refractivity contribution >= 4 is 11.7 Å². The van der Waals surface area contributed by atoms with Crippen molar-refractivity contribution in [2.75, 3.05) is 18.9 Å². The molecule has 6 nitrogen and oxygen atoms in total. The Labute approximate surface area is 146 Å². The first-order valence-corrected chi connectivity index (χ1v) is 8.87. The Hall–Kier alpha value is -2.63. The van der Waals surface area contributed by atoms with E-state index in [1.54, 1.807) is 6.20 Å². The van der Waals surface area contributed by atoms with E-state index in [-0.39, 0.29) is 23.1 Å². The van der Waals surface area contributed by atoms with Crippen LogP contribution >= 0.6 is 0 Å². The molecule has 6 heteroatoms. The Morgan fingerprint density at radius 3 is 3.04 bits per heavy atom. The topological polar surface area (TPSA) is 78.1 Å². The van der Waals surface area contributed by atoms with Gasteiger partial charge in [-0.15, -0.1) is 0 Å². The SMILES string of the molecule is CNc1cc(C2CCCN2C(=O)c2cc3c([nH]c2=O)CCC3)ccn1. The zero-order valence-corrected chi connectivity index (χ0v) is 14.3. The number of carbonyl (C=O) groups excluding carboxylic acids is 1. The normalized spacial score (nSPS) is 19.1. The molecular formula is C19H22N4O2. The van der Waals surface area contributed by atoms with Crippen LogP contribution in [-0.2, 0) is 12.8 Å². The van der Waals surface area contributed by atoms with Crippen molar-refractivity contribution in [3.63, 3.8) is 0 Å². The maximum Gasteiger partial charge on any atom is 0.261 e. The molecule has 3 heterocycles. The van der Waals surface area contributed by atoms with E-state index in [4.69, 9.17) is 0 Å². The number of amides is 1. The first-order chi connectivity index (χ1) is 12.2. The summed E-state index contributed by atoms with van der Waals surface area (Å²) in [6.07, 6.45) is 6.47. The number of likely N-dealkylation sites (tertiary alicyclic amines) is 1. The third kappa shape index (κ3) is 2.81. The van der Waals surface area contributed by atoms with E-state index in [0.29, 0.717) is 6.54 Å². The lowest BCUT2D eigenvalue weighted by Gasteiger charge is -2.25. The highest BCUT2D eigenvalue weighted by atomic mass is 16.2. The molecule has 0 saturated carbocycles. The molecule has 25 heavy (non-hydrogen) atoms. The molecule has 1 atom stereocenters. The van der Waals surface area contributed by atoms with Gasteiger partial charge in [-0.1, -0.05) is 0 Å². The van der Waals surface area contributed by atoms with Crippen LogP contribution in [0.25, 0.3) is 0 Å². The average Bonchev–Trinajstić information content (AvgIpc) is 3.29. The predicted octanol–water partition coefficient (Wildman–Crippen LogP) is 2.28. The van der Waals surface area contributed by atoms with E-state index >= 15 is 0 Å². The van der Waals surface area contributed by atoms with Gasteiger partial charge in [0.1, 0.15) is 11.4 Å². The molecule has 2 aromatic heterocycles. The summed E-state index contributed by atoms with van der Waals surface area (Å²) in [6, 6.07) is 5.73.